The van der Waals surface area contributed by atoms with Gasteiger partial charge in [-0.15, -0.1) is 0 Å². The Morgan fingerprint density at radius 2 is 2.00 bits per heavy atom. The average Bonchev–Trinajstić information content (AvgIpc) is 2.79. The van der Waals surface area contributed by atoms with Crippen molar-refractivity contribution in [1.82, 2.24) is 15.1 Å². The molecule has 3 aliphatic rings. The van der Waals surface area contributed by atoms with Crippen LogP contribution in [0.2, 0.25) is 0 Å². The Labute approximate surface area is 110 Å². The van der Waals surface area contributed by atoms with Crippen molar-refractivity contribution in [1.29, 1.82) is 0 Å². The van der Waals surface area contributed by atoms with Crippen molar-refractivity contribution in [2.75, 3.05) is 26.2 Å². The van der Waals surface area contributed by atoms with Crippen molar-refractivity contribution >= 4 is 5.91 Å². The predicted molar refractivity (Wildman–Crippen MR) is 71.4 cm³/mol. The maximum absolute atomic E-state index is 12.2. The second kappa shape index (κ2) is 5.17. The molecule has 3 fully saturated rings. The first-order valence-corrected chi connectivity index (χ1v) is 7.52. The molecule has 102 valence electrons. The van der Waals surface area contributed by atoms with E-state index < -0.39 is 0 Å². The van der Waals surface area contributed by atoms with Crippen molar-refractivity contribution in [2.45, 2.75) is 57.2 Å². The molecule has 0 aromatic carbocycles. The molecule has 3 rings (SSSR count). The smallest absolute Gasteiger partial charge is 0.237 e. The summed E-state index contributed by atoms with van der Waals surface area (Å²) in [4.78, 5) is 17.1. The number of fused-ring (bicyclic) bond motifs is 1. The van der Waals surface area contributed by atoms with Crippen LogP contribution in [0.15, 0.2) is 0 Å². The molecule has 2 aliphatic heterocycles. The third kappa shape index (κ3) is 2.41. The Morgan fingerprint density at radius 3 is 2.72 bits per heavy atom. The number of hydrogen-bond donors (Lipinski definition) is 1. The second-order valence-electron chi connectivity index (χ2n) is 6.14. The molecule has 1 amide bonds. The van der Waals surface area contributed by atoms with E-state index in [1.54, 1.807) is 0 Å². The summed E-state index contributed by atoms with van der Waals surface area (Å²) in [6.07, 6.45) is 6.28. The maximum Gasteiger partial charge on any atom is 0.237 e. The van der Waals surface area contributed by atoms with Gasteiger partial charge in [-0.2, -0.15) is 0 Å². The van der Waals surface area contributed by atoms with Crippen molar-refractivity contribution in [2.24, 2.45) is 0 Å². The lowest BCUT2D eigenvalue weighted by Gasteiger charge is -2.40. The molecule has 2 atom stereocenters. The molecule has 0 radical (unpaired) electrons. The van der Waals surface area contributed by atoms with E-state index in [0.717, 1.165) is 19.6 Å². The van der Waals surface area contributed by atoms with Gasteiger partial charge in [0.2, 0.25) is 5.91 Å². The molecule has 0 aromatic rings. The molecule has 1 saturated carbocycles. The Morgan fingerprint density at radius 1 is 1.17 bits per heavy atom. The van der Waals surface area contributed by atoms with Crippen molar-refractivity contribution in [3.8, 4) is 0 Å². The van der Waals surface area contributed by atoms with Crippen LogP contribution in [0.5, 0.6) is 0 Å². The molecule has 2 heterocycles. The van der Waals surface area contributed by atoms with E-state index in [4.69, 9.17) is 0 Å². The van der Waals surface area contributed by atoms with Crippen molar-refractivity contribution in [3.63, 3.8) is 0 Å². The Kier molecular flexibility index (Phi) is 3.57. The normalized spacial score (nSPS) is 31.7. The summed E-state index contributed by atoms with van der Waals surface area (Å²) in [5.41, 5.74) is 0. The lowest BCUT2D eigenvalue weighted by Crippen LogP contribution is -2.57. The fraction of sp³-hybridized carbons (Fsp3) is 0.929. The zero-order valence-electron chi connectivity index (χ0n) is 11.4. The van der Waals surface area contributed by atoms with Gasteiger partial charge in [0.15, 0.2) is 0 Å². The molecule has 0 aromatic heterocycles. The third-order valence-electron chi connectivity index (χ3n) is 5.00. The van der Waals surface area contributed by atoms with Gasteiger partial charge >= 0.3 is 0 Å². The van der Waals surface area contributed by atoms with Crippen LogP contribution in [0.1, 0.15) is 39.0 Å². The van der Waals surface area contributed by atoms with Crippen LogP contribution in [0, 0.1) is 0 Å². The lowest BCUT2D eigenvalue weighted by atomic mass is 9.93. The van der Waals surface area contributed by atoms with Crippen LogP contribution in [0.4, 0.5) is 0 Å². The number of carbonyl (C=O) groups is 1. The molecule has 2 unspecified atom stereocenters. The Bertz CT molecular complexity index is 316. The van der Waals surface area contributed by atoms with Gasteiger partial charge in [0.25, 0.3) is 0 Å². The molecule has 0 bridgehead atoms. The SMILES string of the molecule is CC(C(=O)NC1CCC1)N1CCN2CCCC2C1. The van der Waals surface area contributed by atoms with Gasteiger partial charge in [0, 0.05) is 31.7 Å². The third-order valence-corrected chi connectivity index (χ3v) is 5.00. The van der Waals surface area contributed by atoms with Crippen molar-refractivity contribution in [3.05, 3.63) is 0 Å². The molecular weight excluding hydrogens is 226 g/mol. The van der Waals surface area contributed by atoms with Crippen molar-refractivity contribution < 1.29 is 4.79 Å². The topological polar surface area (TPSA) is 35.6 Å². The van der Waals surface area contributed by atoms with Crippen LogP contribution >= 0.6 is 0 Å². The minimum atomic E-state index is 0.0494. The monoisotopic (exact) mass is 251 g/mol. The van der Waals surface area contributed by atoms with Gasteiger partial charge in [-0.3, -0.25) is 14.6 Å². The molecular formula is C14H25N3O. The van der Waals surface area contributed by atoms with Gasteiger partial charge in [-0.25, -0.2) is 0 Å². The highest BCUT2D eigenvalue weighted by Gasteiger charge is 2.34. The summed E-state index contributed by atoms with van der Waals surface area (Å²) in [6.45, 7) is 6.61. The van der Waals surface area contributed by atoms with Gasteiger partial charge in [0.05, 0.1) is 6.04 Å². The second-order valence-corrected chi connectivity index (χ2v) is 6.14. The number of nitrogens with one attached hydrogen (secondary N) is 1. The summed E-state index contributed by atoms with van der Waals surface area (Å²) in [5.74, 6) is 0.242. The fourth-order valence-corrected chi connectivity index (χ4v) is 3.41. The van der Waals surface area contributed by atoms with E-state index in [2.05, 4.69) is 22.0 Å². The van der Waals surface area contributed by atoms with E-state index in [1.165, 1.54) is 38.6 Å². The summed E-state index contributed by atoms with van der Waals surface area (Å²) in [6, 6.07) is 1.22. The van der Waals surface area contributed by atoms with Crippen LogP contribution in [-0.4, -0.2) is 60.0 Å². The largest absolute Gasteiger partial charge is 0.352 e. The summed E-state index contributed by atoms with van der Waals surface area (Å²) < 4.78 is 0. The van der Waals surface area contributed by atoms with E-state index >= 15 is 0 Å². The summed E-state index contributed by atoms with van der Waals surface area (Å²) in [7, 11) is 0. The molecule has 1 N–H and O–H groups in total. The number of hydrogen-bond acceptors (Lipinski definition) is 3. The highest BCUT2D eigenvalue weighted by molar-refractivity contribution is 5.81. The Hall–Kier alpha value is -0.610. The number of nitrogens with zero attached hydrogens (tertiary/aromatic N) is 2. The quantitative estimate of drug-likeness (QED) is 0.807. The van der Waals surface area contributed by atoms with Crippen LogP contribution in [0.25, 0.3) is 0 Å². The highest BCUT2D eigenvalue weighted by Crippen LogP contribution is 2.23. The fourth-order valence-electron chi connectivity index (χ4n) is 3.41. The summed E-state index contributed by atoms with van der Waals surface area (Å²) >= 11 is 0. The minimum Gasteiger partial charge on any atom is -0.352 e. The van der Waals surface area contributed by atoms with Crippen LogP contribution < -0.4 is 5.32 Å². The molecule has 2 saturated heterocycles. The van der Waals surface area contributed by atoms with E-state index in [-0.39, 0.29) is 11.9 Å². The Balaban J connectivity index is 1.51. The standard InChI is InChI=1S/C14H25N3O/c1-11(14(18)15-12-4-2-5-12)17-9-8-16-7-3-6-13(16)10-17/h11-13H,2-10H2,1H3,(H,15,18). The van der Waals surface area contributed by atoms with Gasteiger partial charge in [-0.1, -0.05) is 0 Å². The molecule has 4 heteroatoms. The van der Waals surface area contributed by atoms with E-state index in [0.29, 0.717) is 12.1 Å². The maximum atomic E-state index is 12.2. The van der Waals surface area contributed by atoms with Gasteiger partial charge in [-0.05, 0) is 45.6 Å². The van der Waals surface area contributed by atoms with Gasteiger partial charge in [0.1, 0.15) is 0 Å². The zero-order valence-corrected chi connectivity index (χ0v) is 11.4. The van der Waals surface area contributed by atoms with E-state index in [9.17, 15) is 4.79 Å². The van der Waals surface area contributed by atoms with E-state index in [1.807, 2.05) is 0 Å². The first-order valence-electron chi connectivity index (χ1n) is 7.52. The molecule has 1 aliphatic carbocycles. The number of amides is 1. The van der Waals surface area contributed by atoms with Crippen LogP contribution in [-0.2, 0) is 4.79 Å². The zero-order chi connectivity index (χ0) is 12.5. The number of carbonyl (C=O) groups excluding carboxylic acids is 1. The average molecular weight is 251 g/mol. The minimum absolute atomic E-state index is 0.0494. The summed E-state index contributed by atoms with van der Waals surface area (Å²) in [5, 5.41) is 3.18. The lowest BCUT2D eigenvalue weighted by molar-refractivity contribution is -0.128. The predicted octanol–water partition coefficient (Wildman–Crippen LogP) is 0.824. The number of rotatable bonds is 3. The first kappa shape index (κ1) is 12.4. The molecule has 18 heavy (non-hydrogen) atoms. The molecule has 4 nitrogen and oxygen atoms in total. The molecule has 0 spiro atoms. The van der Waals surface area contributed by atoms with Crippen LogP contribution in [0.3, 0.4) is 0 Å². The van der Waals surface area contributed by atoms with Gasteiger partial charge < -0.3 is 5.32 Å². The number of piperazine rings is 1. The first-order chi connectivity index (χ1) is 8.74. The highest BCUT2D eigenvalue weighted by atomic mass is 16.2.